The number of hydrogen-bond donors (Lipinski definition) is 9. The molecule has 0 aromatic rings. The third-order valence-electron chi connectivity index (χ3n) is 5.52. The Balaban J connectivity index is 1.71. The first-order valence-corrected chi connectivity index (χ1v) is 9.27. The van der Waals surface area contributed by atoms with Crippen LogP contribution in [-0.2, 0) is 18.9 Å². The zero-order chi connectivity index (χ0) is 21.5. The molecule has 13 unspecified atom stereocenters. The third kappa shape index (κ3) is 4.43. The van der Waals surface area contributed by atoms with Crippen LogP contribution in [0.4, 0.5) is 0 Å². The van der Waals surface area contributed by atoms with Crippen LogP contribution in [0.25, 0.3) is 0 Å². The van der Waals surface area contributed by atoms with Crippen molar-refractivity contribution >= 4 is 0 Å². The maximum Gasteiger partial charge on any atom is 0.187 e. The second kappa shape index (κ2) is 9.32. The predicted molar refractivity (Wildman–Crippen MR) is 87.9 cm³/mol. The van der Waals surface area contributed by atoms with Gasteiger partial charge in [0.2, 0.25) is 0 Å². The standard InChI is InChI=1S/C16H28O13/c17-1-4-7(20)13(4)28-16-12(25)14(9(22)6(3-19)27-16)29-15-11(24)10(23)8(21)5(2-18)26-15/h4-25H,1-3H2. The van der Waals surface area contributed by atoms with Crippen molar-refractivity contribution in [1.29, 1.82) is 0 Å². The van der Waals surface area contributed by atoms with Gasteiger partial charge in [-0.05, 0) is 0 Å². The molecule has 0 aromatic carbocycles. The molecular weight excluding hydrogens is 400 g/mol. The van der Waals surface area contributed by atoms with Crippen LogP contribution in [0.15, 0.2) is 0 Å². The number of hydrogen-bond acceptors (Lipinski definition) is 13. The highest BCUT2D eigenvalue weighted by Crippen LogP contribution is 2.37. The second-order valence-electron chi connectivity index (χ2n) is 7.44. The fraction of sp³-hybridized carbons (Fsp3) is 1.00. The molecule has 0 bridgehead atoms. The Bertz CT molecular complexity index is 535. The SMILES string of the molecule is OCC1OC(OC2C(O)C(CO)OC(OC3C(O)C3CO)C2O)C(O)C(O)C1O. The third-order valence-corrected chi connectivity index (χ3v) is 5.52. The van der Waals surface area contributed by atoms with E-state index >= 15 is 0 Å². The molecule has 29 heavy (non-hydrogen) atoms. The van der Waals surface area contributed by atoms with E-state index in [0.29, 0.717) is 0 Å². The lowest BCUT2D eigenvalue weighted by Gasteiger charge is -2.46. The van der Waals surface area contributed by atoms with Gasteiger partial charge in [-0.1, -0.05) is 0 Å². The summed E-state index contributed by atoms with van der Waals surface area (Å²) in [7, 11) is 0. The van der Waals surface area contributed by atoms with Crippen molar-refractivity contribution in [1.82, 2.24) is 0 Å². The first-order valence-electron chi connectivity index (χ1n) is 9.27. The average molecular weight is 428 g/mol. The average Bonchev–Trinajstić information content (AvgIpc) is 3.34. The Hall–Kier alpha value is -0.520. The number of aliphatic hydroxyl groups is 9. The molecule has 0 aromatic heterocycles. The van der Waals surface area contributed by atoms with Crippen molar-refractivity contribution < 1.29 is 64.9 Å². The van der Waals surface area contributed by atoms with Crippen LogP contribution in [-0.4, -0.2) is 139 Å². The van der Waals surface area contributed by atoms with Gasteiger partial charge in [0.25, 0.3) is 0 Å². The monoisotopic (exact) mass is 428 g/mol. The Morgan fingerprint density at radius 1 is 0.517 bits per heavy atom. The molecule has 2 aliphatic heterocycles. The topological polar surface area (TPSA) is 219 Å². The van der Waals surface area contributed by atoms with E-state index in [9.17, 15) is 40.9 Å². The van der Waals surface area contributed by atoms with E-state index in [0.717, 1.165) is 0 Å². The van der Waals surface area contributed by atoms with E-state index < -0.39 is 92.8 Å². The highest BCUT2D eigenvalue weighted by atomic mass is 16.7. The van der Waals surface area contributed by atoms with Crippen LogP contribution >= 0.6 is 0 Å². The van der Waals surface area contributed by atoms with Crippen molar-refractivity contribution in [3.05, 3.63) is 0 Å². The van der Waals surface area contributed by atoms with Crippen LogP contribution < -0.4 is 0 Å². The summed E-state index contributed by atoms with van der Waals surface area (Å²) in [6.45, 7) is -1.73. The molecule has 2 heterocycles. The minimum absolute atomic E-state index is 0.356. The normalized spacial score (nSPS) is 53.1. The lowest BCUT2D eigenvalue weighted by Crippen LogP contribution is -2.64. The molecule has 0 spiro atoms. The molecule has 9 N–H and O–H groups in total. The van der Waals surface area contributed by atoms with Gasteiger partial charge in [-0.15, -0.1) is 0 Å². The van der Waals surface area contributed by atoms with Crippen molar-refractivity contribution in [2.75, 3.05) is 19.8 Å². The molecule has 13 nitrogen and oxygen atoms in total. The maximum atomic E-state index is 10.5. The van der Waals surface area contributed by atoms with Gasteiger partial charge in [-0.3, -0.25) is 0 Å². The summed E-state index contributed by atoms with van der Waals surface area (Å²) < 4.78 is 21.4. The summed E-state index contributed by atoms with van der Waals surface area (Å²) in [6, 6.07) is 0. The number of aliphatic hydroxyl groups excluding tert-OH is 9. The molecule has 3 fully saturated rings. The number of ether oxygens (including phenoxy) is 4. The fourth-order valence-corrected chi connectivity index (χ4v) is 3.53. The lowest BCUT2D eigenvalue weighted by atomic mass is 9.97. The van der Waals surface area contributed by atoms with Gasteiger partial charge in [0.1, 0.15) is 48.8 Å². The van der Waals surface area contributed by atoms with E-state index in [1.54, 1.807) is 0 Å². The van der Waals surface area contributed by atoms with E-state index in [1.165, 1.54) is 0 Å². The zero-order valence-corrected chi connectivity index (χ0v) is 15.3. The molecule has 13 heteroatoms. The van der Waals surface area contributed by atoms with Crippen LogP contribution in [0.3, 0.4) is 0 Å². The first-order chi connectivity index (χ1) is 13.7. The van der Waals surface area contributed by atoms with Crippen molar-refractivity contribution in [2.24, 2.45) is 5.92 Å². The molecule has 2 saturated heterocycles. The molecule has 0 radical (unpaired) electrons. The quantitative estimate of drug-likeness (QED) is 0.185. The van der Waals surface area contributed by atoms with Crippen molar-refractivity contribution in [3.63, 3.8) is 0 Å². The van der Waals surface area contributed by atoms with Crippen LogP contribution in [0, 0.1) is 5.92 Å². The number of rotatable bonds is 7. The van der Waals surface area contributed by atoms with Gasteiger partial charge >= 0.3 is 0 Å². The van der Waals surface area contributed by atoms with Crippen LogP contribution in [0.2, 0.25) is 0 Å². The summed E-state index contributed by atoms with van der Waals surface area (Å²) in [5.74, 6) is -0.574. The highest BCUT2D eigenvalue weighted by Gasteiger charge is 2.56. The second-order valence-corrected chi connectivity index (χ2v) is 7.44. The van der Waals surface area contributed by atoms with E-state index in [2.05, 4.69) is 0 Å². The molecular formula is C16H28O13. The summed E-state index contributed by atoms with van der Waals surface area (Å²) in [4.78, 5) is 0. The Kier molecular flexibility index (Phi) is 7.44. The maximum absolute atomic E-state index is 10.5. The van der Waals surface area contributed by atoms with Gasteiger partial charge in [-0.25, -0.2) is 0 Å². The van der Waals surface area contributed by atoms with E-state index in [-0.39, 0.29) is 6.61 Å². The Morgan fingerprint density at radius 2 is 1.03 bits per heavy atom. The molecule has 3 aliphatic rings. The summed E-state index contributed by atoms with van der Waals surface area (Å²) >= 11 is 0. The minimum Gasteiger partial charge on any atom is -0.396 e. The Labute approximate surface area is 165 Å². The Morgan fingerprint density at radius 3 is 1.55 bits per heavy atom. The smallest absolute Gasteiger partial charge is 0.187 e. The van der Waals surface area contributed by atoms with Gasteiger partial charge < -0.3 is 64.9 Å². The van der Waals surface area contributed by atoms with Crippen LogP contribution in [0.5, 0.6) is 0 Å². The molecule has 3 rings (SSSR count). The summed E-state index contributed by atoms with van der Waals surface area (Å²) in [6.07, 6.45) is -17.4. The largest absolute Gasteiger partial charge is 0.396 e. The molecule has 0 amide bonds. The minimum atomic E-state index is -1.77. The molecule has 13 atom stereocenters. The fourth-order valence-electron chi connectivity index (χ4n) is 3.53. The van der Waals surface area contributed by atoms with Gasteiger partial charge in [-0.2, -0.15) is 0 Å². The highest BCUT2D eigenvalue weighted by molar-refractivity contribution is 5.01. The lowest BCUT2D eigenvalue weighted by molar-refractivity contribution is -0.361. The van der Waals surface area contributed by atoms with Crippen LogP contribution in [0.1, 0.15) is 0 Å². The zero-order valence-electron chi connectivity index (χ0n) is 15.3. The summed E-state index contributed by atoms with van der Waals surface area (Å²) in [5.41, 5.74) is 0. The predicted octanol–water partition coefficient (Wildman–Crippen LogP) is -6.02. The van der Waals surface area contributed by atoms with E-state index in [1.807, 2.05) is 0 Å². The van der Waals surface area contributed by atoms with Crippen molar-refractivity contribution in [2.45, 2.75) is 73.6 Å². The molecule has 1 saturated carbocycles. The molecule has 170 valence electrons. The van der Waals surface area contributed by atoms with Crippen molar-refractivity contribution in [3.8, 4) is 0 Å². The summed E-state index contributed by atoms with van der Waals surface area (Å²) in [5, 5.41) is 88.1. The van der Waals surface area contributed by atoms with Gasteiger partial charge in [0.05, 0.1) is 32.0 Å². The molecule has 1 aliphatic carbocycles. The van der Waals surface area contributed by atoms with E-state index in [4.69, 9.17) is 24.1 Å². The first kappa shape index (κ1) is 23.1. The van der Waals surface area contributed by atoms with Gasteiger partial charge in [0.15, 0.2) is 12.6 Å². The van der Waals surface area contributed by atoms with Gasteiger partial charge in [0, 0.05) is 5.92 Å².